The van der Waals surface area contributed by atoms with Crippen molar-refractivity contribution in [3.8, 4) is 0 Å². The normalized spacial score (nSPS) is 22.0. The average Bonchev–Trinajstić information content (AvgIpc) is 2.47. The Labute approximate surface area is 134 Å². The number of halogens is 2. The zero-order valence-corrected chi connectivity index (χ0v) is 14.0. The minimum Gasteiger partial charge on any atom is -0.352 e. The van der Waals surface area contributed by atoms with Crippen LogP contribution >= 0.6 is 15.9 Å². The molecule has 0 saturated carbocycles. The second-order valence-corrected chi connectivity index (χ2v) is 6.64. The Kier molecular flexibility index (Phi) is 6.18. The monoisotopic (exact) mass is 357 g/mol. The molecule has 1 unspecified atom stereocenters. The van der Waals surface area contributed by atoms with Crippen molar-refractivity contribution in [2.75, 3.05) is 19.6 Å². The van der Waals surface area contributed by atoms with E-state index in [9.17, 15) is 9.18 Å². The van der Waals surface area contributed by atoms with Crippen LogP contribution in [0, 0.1) is 5.82 Å². The van der Waals surface area contributed by atoms with Crippen molar-refractivity contribution in [1.29, 1.82) is 0 Å². The van der Waals surface area contributed by atoms with E-state index in [1.165, 1.54) is 37.9 Å². The van der Waals surface area contributed by atoms with Gasteiger partial charge >= 0.3 is 0 Å². The van der Waals surface area contributed by atoms with Gasteiger partial charge in [0.05, 0.1) is 24.7 Å². The highest BCUT2D eigenvalue weighted by atomic mass is 79.9. The lowest BCUT2D eigenvalue weighted by Crippen LogP contribution is -3.16. The van der Waals surface area contributed by atoms with Crippen molar-refractivity contribution in [2.24, 2.45) is 0 Å². The fourth-order valence-corrected chi connectivity index (χ4v) is 3.34. The van der Waals surface area contributed by atoms with Crippen LogP contribution in [-0.4, -0.2) is 31.6 Å². The van der Waals surface area contributed by atoms with Gasteiger partial charge in [0.25, 0.3) is 5.91 Å². The molecule has 1 saturated heterocycles. The summed E-state index contributed by atoms with van der Waals surface area (Å²) in [5, 5.41) is 2.87. The Balaban J connectivity index is 1.75. The number of carbonyl (C=O) groups is 1. The van der Waals surface area contributed by atoms with E-state index in [2.05, 4.69) is 28.2 Å². The number of benzene rings is 1. The first-order valence-corrected chi connectivity index (χ1v) is 8.45. The van der Waals surface area contributed by atoms with E-state index in [-0.39, 0.29) is 5.91 Å². The highest BCUT2D eigenvalue weighted by Crippen LogP contribution is 2.17. The minimum atomic E-state index is -0.394. The summed E-state index contributed by atoms with van der Waals surface area (Å²) in [7, 11) is 0. The molecule has 0 aliphatic carbocycles. The van der Waals surface area contributed by atoms with Crippen LogP contribution in [0.15, 0.2) is 22.7 Å². The molecule has 3 nitrogen and oxygen atoms in total. The van der Waals surface area contributed by atoms with Crippen LogP contribution in [0.4, 0.5) is 4.39 Å². The summed E-state index contributed by atoms with van der Waals surface area (Å²) in [6.45, 7) is 5.27. The van der Waals surface area contributed by atoms with Crippen molar-refractivity contribution in [2.45, 2.75) is 38.6 Å². The molecule has 2 atom stereocenters. The molecule has 21 heavy (non-hydrogen) atoms. The predicted molar refractivity (Wildman–Crippen MR) is 85.1 cm³/mol. The Morgan fingerprint density at radius 1 is 1.48 bits per heavy atom. The van der Waals surface area contributed by atoms with Gasteiger partial charge in [-0.2, -0.15) is 0 Å². The second-order valence-electron chi connectivity index (χ2n) is 5.79. The molecular weight excluding hydrogens is 335 g/mol. The van der Waals surface area contributed by atoms with Crippen LogP contribution in [-0.2, 0) is 0 Å². The zero-order valence-electron chi connectivity index (χ0n) is 12.4. The van der Waals surface area contributed by atoms with Crippen molar-refractivity contribution in [3.63, 3.8) is 0 Å². The fourth-order valence-electron chi connectivity index (χ4n) is 2.91. The van der Waals surface area contributed by atoms with E-state index in [1.54, 1.807) is 11.0 Å². The number of nitrogens with one attached hydrogen (secondary N) is 2. The third-order valence-electron chi connectivity index (χ3n) is 4.22. The summed E-state index contributed by atoms with van der Waals surface area (Å²) >= 11 is 3.28. The smallest absolute Gasteiger partial charge is 0.252 e. The molecule has 116 valence electrons. The molecule has 2 rings (SSSR count). The lowest BCUT2D eigenvalue weighted by Gasteiger charge is -2.30. The predicted octanol–water partition coefficient (Wildman–Crippen LogP) is 2.17. The maximum atomic E-state index is 13.2. The summed E-state index contributed by atoms with van der Waals surface area (Å²) < 4.78 is 13.8. The molecule has 0 spiro atoms. The van der Waals surface area contributed by atoms with E-state index in [0.29, 0.717) is 16.6 Å². The number of likely N-dealkylation sites (tertiary alicyclic amines) is 1. The number of piperidine rings is 1. The molecule has 0 aromatic heterocycles. The second kappa shape index (κ2) is 7.90. The third kappa shape index (κ3) is 4.78. The molecule has 2 N–H and O–H groups in total. The van der Waals surface area contributed by atoms with Gasteiger partial charge in [-0.1, -0.05) is 0 Å². The number of amides is 1. The summed E-state index contributed by atoms with van der Waals surface area (Å²) in [4.78, 5) is 13.7. The van der Waals surface area contributed by atoms with Gasteiger partial charge < -0.3 is 10.2 Å². The van der Waals surface area contributed by atoms with E-state index in [1.807, 2.05) is 0 Å². The molecular formula is C16H23BrFN2O+. The Hall–Kier alpha value is -0.940. The minimum absolute atomic E-state index is 0.219. The molecule has 1 aromatic carbocycles. The largest absolute Gasteiger partial charge is 0.352 e. The van der Waals surface area contributed by atoms with Gasteiger partial charge in [-0.3, -0.25) is 4.79 Å². The first-order chi connectivity index (χ1) is 10.1. The fraction of sp³-hybridized carbons (Fsp3) is 0.562. The Morgan fingerprint density at radius 2 is 2.29 bits per heavy atom. The van der Waals surface area contributed by atoms with Gasteiger partial charge in [0.2, 0.25) is 0 Å². The number of hydrogen-bond donors (Lipinski definition) is 2. The van der Waals surface area contributed by atoms with Crippen LogP contribution < -0.4 is 10.2 Å². The number of carbonyl (C=O) groups excluding carboxylic acids is 1. The lowest BCUT2D eigenvalue weighted by atomic mass is 10.0. The van der Waals surface area contributed by atoms with Crippen LogP contribution in [0.25, 0.3) is 0 Å². The molecule has 0 radical (unpaired) electrons. The van der Waals surface area contributed by atoms with Crippen molar-refractivity contribution in [3.05, 3.63) is 34.1 Å². The van der Waals surface area contributed by atoms with Crippen molar-refractivity contribution in [1.82, 2.24) is 5.32 Å². The van der Waals surface area contributed by atoms with Crippen LogP contribution in [0.1, 0.15) is 43.0 Å². The van der Waals surface area contributed by atoms with E-state index in [4.69, 9.17) is 0 Å². The van der Waals surface area contributed by atoms with Crippen LogP contribution in [0.5, 0.6) is 0 Å². The van der Waals surface area contributed by atoms with Gasteiger partial charge in [0.1, 0.15) is 5.82 Å². The average molecular weight is 358 g/mol. The van der Waals surface area contributed by atoms with Gasteiger partial charge in [-0.05, 0) is 60.3 Å². The van der Waals surface area contributed by atoms with E-state index < -0.39 is 5.82 Å². The molecule has 1 aliphatic rings. The molecule has 1 fully saturated rings. The zero-order chi connectivity index (χ0) is 15.2. The Bertz CT molecular complexity index is 495. The Morgan fingerprint density at radius 3 is 3.05 bits per heavy atom. The summed E-state index contributed by atoms with van der Waals surface area (Å²) in [6.07, 6.45) is 4.91. The first-order valence-electron chi connectivity index (χ1n) is 7.66. The first kappa shape index (κ1) is 16.4. The quantitative estimate of drug-likeness (QED) is 0.778. The molecule has 0 bridgehead atoms. The summed E-state index contributed by atoms with van der Waals surface area (Å²) in [5.74, 6) is -0.613. The van der Waals surface area contributed by atoms with Crippen LogP contribution in [0.3, 0.4) is 0 Å². The van der Waals surface area contributed by atoms with Gasteiger partial charge in [0.15, 0.2) is 0 Å². The van der Waals surface area contributed by atoms with Crippen molar-refractivity contribution >= 4 is 21.8 Å². The maximum absolute atomic E-state index is 13.2. The topological polar surface area (TPSA) is 33.5 Å². The number of rotatable bonds is 5. The van der Waals surface area contributed by atoms with Crippen LogP contribution in [0.2, 0.25) is 0 Å². The van der Waals surface area contributed by atoms with Gasteiger partial charge in [-0.15, -0.1) is 0 Å². The van der Waals surface area contributed by atoms with E-state index >= 15 is 0 Å². The maximum Gasteiger partial charge on any atom is 0.252 e. The molecule has 1 amide bonds. The highest BCUT2D eigenvalue weighted by Gasteiger charge is 2.21. The number of hydrogen-bond acceptors (Lipinski definition) is 1. The highest BCUT2D eigenvalue weighted by molar-refractivity contribution is 9.10. The molecule has 1 aliphatic heterocycles. The van der Waals surface area contributed by atoms with E-state index in [0.717, 1.165) is 19.0 Å². The van der Waals surface area contributed by atoms with Crippen molar-refractivity contribution < 1.29 is 14.1 Å². The summed E-state index contributed by atoms with van der Waals surface area (Å²) in [5.41, 5.74) is 0.355. The van der Waals surface area contributed by atoms with Gasteiger partial charge in [-0.25, -0.2) is 4.39 Å². The summed E-state index contributed by atoms with van der Waals surface area (Å²) in [6, 6.07) is 4.88. The number of quaternary nitrogens is 1. The third-order valence-corrected chi connectivity index (χ3v) is 4.91. The molecule has 1 heterocycles. The van der Waals surface area contributed by atoms with Gasteiger partial charge in [0, 0.05) is 17.4 Å². The lowest BCUT2D eigenvalue weighted by molar-refractivity contribution is -0.928. The standard InChI is InChI=1S/C16H22BrFN2O/c1-12-5-2-3-9-20(12)10-4-8-19-16(21)14-11-13(18)6-7-15(14)17/h6-7,11-12H,2-5,8-10H2,1H3,(H,19,21)/p+1/t12-/m1/s1. The molecule has 1 aromatic rings. The molecule has 5 heteroatoms. The SMILES string of the molecule is C[C@@H]1CCCC[NH+]1CCCNC(=O)c1cc(F)ccc1Br.